The van der Waals surface area contributed by atoms with E-state index in [1.165, 1.54) is 17.3 Å². The van der Waals surface area contributed by atoms with Crippen LogP contribution < -0.4 is 15.4 Å². The molecule has 2 aromatic carbocycles. The predicted molar refractivity (Wildman–Crippen MR) is 105 cm³/mol. The molecule has 2 N–H and O–H groups in total. The molecule has 0 bridgehead atoms. The Bertz CT molecular complexity index is 911. The van der Waals surface area contributed by atoms with E-state index in [1.54, 1.807) is 50.2 Å². The molecule has 0 aliphatic carbocycles. The highest BCUT2D eigenvalue weighted by Crippen LogP contribution is 2.17. The van der Waals surface area contributed by atoms with E-state index >= 15 is 0 Å². The van der Waals surface area contributed by atoms with E-state index in [9.17, 15) is 9.59 Å². The quantitative estimate of drug-likeness (QED) is 0.658. The van der Waals surface area contributed by atoms with Gasteiger partial charge in [0.05, 0.1) is 0 Å². The summed E-state index contributed by atoms with van der Waals surface area (Å²) in [6, 6.07) is 15.5. The van der Waals surface area contributed by atoms with Crippen molar-refractivity contribution in [1.29, 1.82) is 0 Å². The summed E-state index contributed by atoms with van der Waals surface area (Å²) in [5.41, 5.74) is 1.22. The van der Waals surface area contributed by atoms with E-state index in [1.807, 2.05) is 18.2 Å². The van der Waals surface area contributed by atoms with Crippen molar-refractivity contribution in [2.45, 2.75) is 26.0 Å². The summed E-state index contributed by atoms with van der Waals surface area (Å²) in [4.78, 5) is 28.4. The molecule has 0 unspecified atom stereocenters. The Morgan fingerprint density at radius 2 is 1.54 bits per heavy atom. The van der Waals surface area contributed by atoms with Gasteiger partial charge in [-0.3, -0.25) is 9.59 Å². The number of rotatable bonds is 7. The SMILES string of the molecule is C[C@H](C(=O)Nc1ccc(NC(=O)[C@@H](C)Oc2ccccc2)cc1)n1cncn1. The van der Waals surface area contributed by atoms with Crippen LogP contribution in [-0.4, -0.2) is 32.7 Å². The van der Waals surface area contributed by atoms with Crippen molar-refractivity contribution in [3.63, 3.8) is 0 Å². The van der Waals surface area contributed by atoms with Crippen molar-refractivity contribution in [2.75, 3.05) is 10.6 Å². The minimum absolute atomic E-state index is 0.216. The van der Waals surface area contributed by atoms with Crippen LogP contribution in [0.5, 0.6) is 5.75 Å². The highest BCUT2D eigenvalue weighted by Gasteiger charge is 2.16. The van der Waals surface area contributed by atoms with E-state index < -0.39 is 12.1 Å². The number of nitrogens with one attached hydrogen (secondary N) is 2. The second-order valence-corrected chi connectivity index (χ2v) is 6.18. The lowest BCUT2D eigenvalue weighted by Gasteiger charge is -2.15. The van der Waals surface area contributed by atoms with Gasteiger partial charge in [-0.1, -0.05) is 18.2 Å². The van der Waals surface area contributed by atoms with Crippen LogP contribution in [0.4, 0.5) is 11.4 Å². The van der Waals surface area contributed by atoms with Crippen molar-refractivity contribution in [3.05, 3.63) is 67.3 Å². The van der Waals surface area contributed by atoms with Gasteiger partial charge in [0, 0.05) is 11.4 Å². The molecule has 8 heteroatoms. The number of ether oxygens (including phenoxy) is 1. The second kappa shape index (κ2) is 8.81. The van der Waals surface area contributed by atoms with E-state index in [0.29, 0.717) is 17.1 Å². The van der Waals surface area contributed by atoms with Gasteiger partial charge in [-0.05, 0) is 50.2 Å². The standard InChI is InChI=1S/C20H21N5O3/c1-14(25-13-21-12-22-25)19(26)23-16-8-10-17(11-9-16)24-20(27)15(2)28-18-6-4-3-5-7-18/h3-15H,1-2H3,(H,23,26)(H,24,27)/t14-,15-/m1/s1. The number of para-hydroxylation sites is 1. The number of aromatic nitrogens is 3. The minimum Gasteiger partial charge on any atom is -0.481 e. The van der Waals surface area contributed by atoms with Gasteiger partial charge in [0.25, 0.3) is 5.91 Å². The molecular formula is C20H21N5O3. The number of nitrogens with zero attached hydrogens (tertiary/aromatic N) is 3. The first-order chi connectivity index (χ1) is 13.5. The Morgan fingerprint density at radius 3 is 2.11 bits per heavy atom. The number of carbonyl (C=O) groups is 2. The zero-order valence-electron chi connectivity index (χ0n) is 15.6. The highest BCUT2D eigenvalue weighted by molar-refractivity contribution is 5.95. The molecule has 0 radical (unpaired) electrons. The Labute approximate surface area is 162 Å². The van der Waals surface area contributed by atoms with E-state index in [-0.39, 0.29) is 11.8 Å². The van der Waals surface area contributed by atoms with E-state index in [4.69, 9.17) is 4.74 Å². The largest absolute Gasteiger partial charge is 0.481 e. The molecule has 0 aliphatic rings. The highest BCUT2D eigenvalue weighted by atomic mass is 16.5. The first-order valence-electron chi connectivity index (χ1n) is 8.80. The first kappa shape index (κ1) is 19.1. The maximum atomic E-state index is 12.3. The fourth-order valence-corrected chi connectivity index (χ4v) is 2.42. The second-order valence-electron chi connectivity index (χ2n) is 6.18. The molecule has 0 saturated heterocycles. The topological polar surface area (TPSA) is 98.1 Å². The average molecular weight is 379 g/mol. The van der Waals surface area contributed by atoms with Gasteiger partial charge in [-0.15, -0.1) is 0 Å². The molecule has 2 amide bonds. The summed E-state index contributed by atoms with van der Waals surface area (Å²) in [6.07, 6.45) is 2.22. The number of amides is 2. The molecule has 2 atom stereocenters. The zero-order chi connectivity index (χ0) is 19.9. The fraction of sp³-hybridized carbons (Fsp3) is 0.200. The molecule has 0 saturated carbocycles. The molecule has 1 aromatic heterocycles. The normalized spacial score (nSPS) is 12.6. The van der Waals surface area contributed by atoms with Crippen LogP contribution in [0.25, 0.3) is 0 Å². The lowest BCUT2D eigenvalue weighted by molar-refractivity contribution is -0.122. The van der Waals surface area contributed by atoms with Crippen molar-refractivity contribution >= 4 is 23.2 Å². The zero-order valence-corrected chi connectivity index (χ0v) is 15.6. The lowest BCUT2D eigenvalue weighted by Crippen LogP contribution is -2.30. The third-order valence-electron chi connectivity index (χ3n) is 4.06. The third kappa shape index (κ3) is 4.94. The van der Waals surface area contributed by atoms with Crippen LogP contribution in [-0.2, 0) is 9.59 Å². The van der Waals surface area contributed by atoms with Crippen LogP contribution in [0.3, 0.4) is 0 Å². The summed E-state index contributed by atoms with van der Waals surface area (Å²) in [5, 5.41) is 9.55. The van der Waals surface area contributed by atoms with E-state index in [2.05, 4.69) is 20.7 Å². The van der Waals surface area contributed by atoms with Crippen LogP contribution in [0, 0.1) is 0 Å². The van der Waals surface area contributed by atoms with Gasteiger partial charge >= 0.3 is 0 Å². The number of benzene rings is 2. The van der Waals surface area contributed by atoms with Gasteiger partial charge in [0.15, 0.2) is 6.10 Å². The molecule has 28 heavy (non-hydrogen) atoms. The van der Waals surface area contributed by atoms with Gasteiger partial charge in [0.2, 0.25) is 5.91 Å². The Balaban J connectivity index is 1.53. The first-order valence-corrected chi connectivity index (χ1v) is 8.80. The maximum absolute atomic E-state index is 12.3. The van der Waals surface area contributed by atoms with Crippen molar-refractivity contribution in [1.82, 2.24) is 14.8 Å². The number of hydrogen-bond acceptors (Lipinski definition) is 5. The van der Waals surface area contributed by atoms with Crippen molar-refractivity contribution in [2.24, 2.45) is 0 Å². The molecule has 3 rings (SSSR count). The van der Waals surface area contributed by atoms with Crippen molar-refractivity contribution in [3.8, 4) is 5.75 Å². The number of anilines is 2. The van der Waals surface area contributed by atoms with Gasteiger partial charge in [0.1, 0.15) is 24.4 Å². The summed E-state index contributed by atoms with van der Waals surface area (Å²) in [7, 11) is 0. The molecule has 144 valence electrons. The predicted octanol–water partition coefficient (Wildman–Crippen LogP) is 2.88. The molecule has 1 heterocycles. The molecule has 0 spiro atoms. The third-order valence-corrected chi connectivity index (χ3v) is 4.06. The van der Waals surface area contributed by atoms with Gasteiger partial charge in [-0.25, -0.2) is 9.67 Å². The van der Waals surface area contributed by atoms with Gasteiger partial charge in [-0.2, -0.15) is 5.10 Å². The Hall–Kier alpha value is -3.68. The summed E-state index contributed by atoms with van der Waals surface area (Å²) in [5.74, 6) is 0.150. The summed E-state index contributed by atoms with van der Waals surface area (Å²) in [6.45, 7) is 3.41. The Morgan fingerprint density at radius 1 is 0.929 bits per heavy atom. The molecule has 3 aromatic rings. The minimum atomic E-state index is -0.648. The van der Waals surface area contributed by atoms with Crippen LogP contribution in [0.2, 0.25) is 0 Å². The number of carbonyl (C=O) groups excluding carboxylic acids is 2. The van der Waals surface area contributed by atoms with Crippen LogP contribution >= 0.6 is 0 Å². The monoisotopic (exact) mass is 379 g/mol. The average Bonchev–Trinajstić information content (AvgIpc) is 3.24. The molecule has 0 fully saturated rings. The van der Waals surface area contributed by atoms with Crippen LogP contribution in [0.1, 0.15) is 19.9 Å². The van der Waals surface area contributed by atoms with Crippen molar-refractivity contribution < 1.29 is 14.3 Å². The lowest BCUT2D eigenvalue weighted by atomic mass is 10.2. The Kier molecular flexibility index (Phi) is 6.01. The van der Waals surface area contributed by atoms with Gasteiger partial charge < -0.3 is 15.4 Å². The summed E-state index contributed by atoms with van der Waals surface area (Å²) >= 11 is 0. The maximum Gasteiger partial charge on any atom is 0.265 e. The number of hydrogen-bond donors (Lipinski definition) is 2. The smallest absolute Gasteiger partial charge is 0.265 e. The van der Waals surface area contributed by atoms with E-state index in [0.717, 1.165) is 0 Å². The summed E-state index contributed by atoms with van der Waals surface area (Å²) < 4.78 is 7.07. The molecule has 0 aliphatic heterocycles. The molecular weight excluding hydrogens is 358 g/mol. The van der Waals surface area contributed by atoms with Crippen LogP contribution in [0.15, 0.2) is 67.3 Å². The molecule has 8 nitrogen and oxygen atoms in total. The fourth-order valence-electron chi connectivity index (χ4n) is 2.42.